The number of carbonyl (C=O) groups excluding carboxylic acids is 1. The van der Waals surface area contributed by atoms with Gasteiger partial charge in [-0.2, -0.15) is 0 Å². The fourth-order valence-electron chi connectivity index (χ4n) is 4.60. The summed E-state index contributed by atoms with van der Waals surface area (Å²) in [5.41, 5.74) is 5.60. The van der Waals surface area contributed by atoms with Crippen molar-refractivity contribution in [3.8, 4) is 5.69 Å². The lowest BCUT2D eigenvalue weighted by Crippen LogP contribution is -2.30. The first-order chi connectivity index (χ1) is 17.6. The Hall–Kier alpha value is -4.08. The van der Waals surface area contributed by atoms with Crippen LogP contribution in [-0.2, 0) is 9.53 Å². The monoisotopic (exact) mass is 498 g/mol. The maximum absolute atomic E-state index is 11.9. The van der Waals surface area contributed by atoms with E-state index in [2.05, 4.69) is 49.1 Å². The highest BCUT2D eigenvalue weighted by atomic mass is 32.1. The van der Waals surface area contributed by atoms with E-state index in [4.69, 9.17) is 17.0 Å². The molecule has 4 aromatic rings. The normalized spacial score (nSPS) is 17.2. The quantitative estimate of drug-likeness (QED) is 0.367. The van der Waals surface area contributed by atoms with Gasteiger partial charge >= 0.3 is 0 Å². The van der Waals surface area contributed by atoms with Gasteiger partial charge in [-0.25, -0.2) is 0 Å². The van der Waals surface area contributed by atoms with Gasteiger partial charge < -0.3 is 24.8 Å². The van der Waals surface area contributed by atoms with Crippen LogP contribution in [0.3, 0.4) is 0 Å². The first kappa shape index (κ1) is 23.7. The highest BCUT2D eigenvalue weighted by molar-refractivity contribution is 7.80. The molecule has 0 bridgehead atoms. The molecule has 1 aliphatic heterocycles. The molecular formula is C27H26N6O2S. The topological polar surface area (TPSA) is 84.3 Å². The zero-order valence-corrected chi connectivity index (χ0v) is 20.8. The number of amides is 1. The highest BCUT2D eigenvalue weighted by Gasteiger charge is 2.42. The Morgan fingerprint density at radius 3 is 2.58 bits per heavy atom. The molecule has 1 aliphatic rings. The molecule has 1 amide bonds. The number of ether oxygens (including phenoxy) is 1. The van der Waals surface area contributed by atoms with Crippen molar-refractivity contribution in [3.05, 3.63) is 102 Å². The van der Waals surface area contributed by atoms with E-state index in [0.717, 1.165) is 28.5 Å². The number of aromatic nitrogens is 3. The van der Waals surface area contributed by atoms with Gasteiger partial charge in [0.15, 0.2) is 5.11 Å². The molecule has 182 valence electrons. The molecule has 5 rings (SSSR count). The van der Waals surface area contributed by atoms with Gasteiger partial charge in [0, 0.05) is 42.3 Å². The van der Waals surface area contributed by atoms with Crippen molar-refractivity contribution in [2.45, 2.75) is 19.0 Å². The molecule has 4 heterocycles. The molecule has 0 aliphatic carbocycles. The number of hydrogen-bond acceptors (Lipinski definition) is 5. The molecule has 0 unspecified atom stereocenters. The molecule has 1 fully saturated rings. The number of anilines is 2. The smallest absolute Gasteiger partial charge is 0.250 e. The van der Waals surface area contributed by atoms with E-state index in [1.807, 2.05) is 60.8 Å². The molecule has 0 spiro atoms. The first-order valence-electron chi connectivity index (χ1n) is 11.5. The van der Waals surface area contributed by atoms with Crippen molar-refractivity contribution in [2.75, 3.05) is 23.9 Å². The van der Waals surface area contributed by atoms with Crippen LogP contribution in [0.25, 0.3) is 5.69 Å². The highest BCUT2D eigenvalue weighted by Crippen LogP contribution is 2.42. The van der Waals surface area contributed by atoms with Gasteiger partial charge in [-0.3, -0.25) is 14.8 Å². The summed E-state index contributed by atoms with van der Waals surface area (Å²) in [6, 6.07) is 21.4. The molecule has 2 atom stereocenters. The third kappa shape index (κ3) is 4.58. The van der Waals surface area contributed by atoms with Gasteiger partial charge in [-0.1, -0.05) is 6.07 Å². The second kappa shape index (κ2) is 10.3. The summed E-state index contributed by atoms with van der Waals surface area (Å²) >= 11 is 5.86. The van der Waals surface area contributed by atoms with E-state index in [9.17, 15) is 4.79 Å². The fraction of sp³-hybridized carbons (Fsp3) is 0.185. The number of methoxy groups -OCH3 is 1. The van der Waals surface area contributed by atoms with Crippen molar-refractivity contribution in [1.82, 2.24) is 19.9 Å². The van der Waals surface area contributed by atoms with Crippen molar-refractivity contribution in [1.29, 1.82) is 0 Å². The summed E-state index contributed by atoms with van der Waals surface area (Å²) in [4.78, 5) is 23.0. The Labute approximate surface area is 215 Å². The Kier molecular flexibility index (Phi) is 6.75. The summed E-state index contributed by atoms with van der Waals surface area (Å²) in [5.74, 6) is -0.207. The number of carbonyl (C=O) groups is 1. The Balaban J connectivity index is 1.58. The standard InChI is InChI=1S/C27H26N6O2S/c1-18-8-13-23(32(18)21-6-5-14-28-16-21)26-25(22-7-3-4-15-29-22)31-27(36)33(26)20-11-9-19(10-12-20)30-24(34)17-35-2/h3-16,25-26H,17H2,1-2H3,(H,30,34)(H,31,36)/t25-,26-/m0/s1. The Bertz CT molecular complexity index is 1360. The number of thiocarbonyl (C=S) groups is 1. The number of nitrogens with zero attached hydrogens (tertiary/aromatic N) is 4. The van der Waals surface area contributed by atoms with E-state index in [-0.39, 0.29) is 24.6 Å². The third-order valence-electron chi connectivity index (χ3n) is 6.12. The van der Waals surface area contributed by atoms with Crippen molar-refractivity contribution in [2.24, 2.45) is 0 Å². The minimum absolute atomic E-state index is 0.000393. The van der Waals surface area contributed by atoms with Crippen molar-refractivity contribution in [3.63, 3.8) is 0 Å². The lowest BCUT2D eigenvalue weighted by molar-refractivity contribution is -0.119. The van der Waals surface area contributed by atoms with E-state index in [1.165, 1.54) is 7.11 Å². The molecule has 3 aromatic heterocycles. The Morgan fingerprint density at radius 1 is 1.06 bits per heavy atom. The molecule has 2 N–H and O–H groups in total. The number of rotatable bonds is 7. The molecule has 1 aromatic carbocycles. The summed E-state index contributed by atoms with van der Waals surface area (Å²) in [5, 5.41) is 6.93. The summed E-state index contributed by atoms with van der Waals surface area (Å²) in [6.07, 6.45) is 5.42. The summed E-state index contributed by atoms with van der Waals surface area (Å²) in [6.45, 7) is 2.08. The zero-order chi connectivity index (χ0) is 25.1. The lowest BCUT2D eigenvalue weighted by Gasteiger charge is -2.29. The average molecular weight is 499 g/mol. The van der Waals surface area contributed by atoms with Crippen molar-refractivity contribution >= 4 is 34.6 Å². The van der Waals surface area contributed by atoms with Gasteiger partial charge in [0.2, 0.25) is 5.91 Å². The predicted molar refractivity (Wildman–Crippen MR) is 143 cm³/mol. The summed E-state index contributed by atoms with van der Waals surface area (Å²) < 4.78 is 7.11. The molecule has 0 saturated carbocycles. The fourth-order valence-corrected chi connectivity index (χ4v) is 4.94. The molecule has 9 heteroatoms. The molecule has 36 heavy (non-hydrogen) atoms. The van der Waals surface area contributed by atoms with Gasteiger partial charge in [0.05, 0.1) is 23.6 Å². The third-order valence-corrected chi connectivity index (χ3v) is 6.43. The molecule has 1 saturated heterocycles. The van der Waals surface area contributed by atoms with Crippen molar-refractivity contribution < 1.29 is 9.53 Å². The number of pyridine rings is 2. The first-order valence-corrected chi connectivity index (χ1v) is 12.0. The maximum Gasteiger partial charge on any atom is 0.250 e. The SMILES string of the molecule is COCC(=O)Nc1ccc(N2C(=S)N[C@@H](c3ccccn3)[C@@H]2c2ccc(C)n2-c2cccnc2)cc1. The largest absolute Gasteiger partial charge is 0.375 e. The lowest BCUT2D eigenvalue weighted by atomic mass is 10.0. The van der Waals surface area contributed by atoms with Gasteiger partial charge in [-0.05, 0) is 79.8 Å². The number of aryl methyl sites for hydroxylation is 1. The minimum Gasteiger partial charge on any atom is -0.375 e. The molecule has 8 nitrogen and oxygen atoms in total. The molecular weight excluding hydrogens is 472 g/mol. The predicted octanol–water partition coefficient (Wildman–Crippen LogP) is 4.34. The minimum atomic E-state index is -0.207. The van der Waals surface area contributed by atoms with E-state index in [0.29, 0.717) is 10.8 Å². The van der Waals surface area contributed by atoms with Crippen LogP contribution in [0.1, 0.15) is 29.2 Å². The average Bonchev–Trinajstić information content (AvgIpc) is 3.45. The van der Waals surface area contributed by atoms with Crippen LogP contribution in [0, 0.1) is 6.92 Å². The maximum atomic E-state index is 11.9. The van der Waals surface area contributed by atoms with Crippen LogP contribution >= 0.6 is 12.2 Å². The van der Waals surface area contributed by atoms with Gasteiger partial charge in [0.1, 0.15) is 12.6 Å². The van der Waals surface area contributed by atoms with Crippen LogP contribution in [0.5, 0.6) is 0 Å². The van der Waals surface area contributed by atoms with Crippen LogP contribution < -0.4 is 15.5 Å². The second-order valence-corrected chi connectivity index (χ2v) is 8.86. The van der Waals surface area contributed by atoms with Gasteiger partial charge in [-0.15, -0.1) is 0 Å². The Morgan fingerprint density at radius 2 is 1.89 bits per heavy atom. The van der Waals surface area contributed by atoms with Crippen LogP contribution in [-0.4, -0.2) is 39.3 Å². The van der Waals surface area contributed by atoms with E-state index >= 15 is 0 Å². The van der Waals surface area contributed by atoms with E-state index in [1.54, 1.807) is 12.4 Å². The number of nitrogens with one attached hydrogen (secondary N) is 2. The van der Waals surface area contributed by atoms with E-state index < -0.39 is 0 Å². The van der Waals surface area contributed by atoms with Crippen LogP contribution in [0.15, 0.2) is 85.3 Å². The van der Waals surface area contributed by atoms with Gasteiger partial charge in [0.25, 0.3) is 0 Å². The number of hydrogen-bond donors (Lipinski definition) is 2. The molecule has 0 radical (unpaired) electrons. The van der Waals surface area contributed by atoms with Crippen LogP contribution in [0.2, 0.25) is 0 Å². The van der Waals surface area contributed by atoms with Crippen LogP contribution in [0.4, 0.5) is 11.4 Å². The summed E-state index contributed by atoms with van der Waals surface area (Å²) in [7, 11) is 1.49. The number of benzene rings is 1. The second-order valence-electron chi connectivity index (χ2n) is 8.47. The zero-order valence-electron chi connectivity index (χ0n) is 20.0.